The molecule has 1 aliphatic heterocycles. The van der Waals surface area contributed by atoms with Crippen LogP contribution < -0.4 is 11.1 Å². The number of benzene rings is 1. The fourth-order valence-electron chi connectivity index (χ4n) is 2.05. The zero-order chi connectivity index (χ0) is 11.1. The van der Waals surface area contributed by atoms with Gasteiger partial charge in [-0.15, -0.1) is 0 Å². The van der Waals surface area contributed by atoms with Crippen LogP contribution in [-0.4, -0.2) is 17.0 Å². The average molecular weight is 217 g/mol. The molecule has 3 N–H and O–H groups in total. The second kappa shape index (κ2) is 3.40. The maximum Gasteiger partial charge on any atom is 0.318 e. The number of nitrogens with zero attached hydrogens (tertiary/aromatic N) is 1. The predicted octanol–water partition coefficient (Wildman–Crippen LogP) is 1.46. The van der Waals surface area contributed by atoms with Crippen molar-refractivity contribution in [2.75, 3.05) is 5.73 Å². The normalized spacial score (nSPS) is 18.4. The SMILES string of the molecule is Nc1ccc2c(c1)CN(C(=O)NC1CC1)C2. The molecule has 2 amide bonds. The van der Waals surface area contributed by atoms with Gasteiger partial charge in [0.15, 0.2) is 0 Å². The molecule has 3 rings (SSSR count). The van der Waals surface area contributed by atoms with Gasteiger partial charge < -0.3 is 16.0 Å². The number of anilines is 1. The number of nitrogens with one attached hydrogen (secondary N) is 1. The molecule has 1 aromatic rings. The van der Waals surface area contributed by atoms with Gasteiger partial charge in [0.1, 0.15) is 0 Å². The fraction of sp³-hybridized carbons (Fsp3) is 0.417. The van der Waals surface area contributed by atoms with Gasteiger partial charge in [-0.1, -0.05) is 6.07 Å². The molecule has 0 bridgehead atoms. The summed E-state index contributed by atoms with van der Waals surface area (Å²) in [4.78, 5) is 13.7. The Kier molecular flexibility index (Phi) is 2.02. The third-order valence-corrected chi connectivity index (χ3v) is 3.14. The summed E-state index contributed by atoms with van der Waals surface area (Å²) in [6.45, 7) is 1.38. The van der Waals surface area contributed by atoms with Gasteiger partial charge in [0.25, 0.3) is 0 Å². The lowest BCUT2D eigenvalue weighted by Crippen LogP contribution is -2.37. The highest BCUT2D eigenvalue weighted by molar-refractivity contribution is 5.75. The van der Waals surface area contributed by atoms with Gasteiger partial charge in [-0.05, 0) is 36.1 Å². The predicted molar refractivity (Wildman–Crippen MR) is 61.7 cm³/mol. The van der Waals surface area contributed by atoms with Gasteiger partial charge in [0.2, 0.25) is 0 Å². The van der Waals surface area contributed by atoms with E-state index in [1.165, 1.54) is 11.1 Å². The molecule has 1 aliphatic carbocycles. The molecule has 0 spiro atoms. The van der Waals surface area contributed by atoms with Crippen LogP contribution >= 0.6 is 0 Å². The molecule has 0 saturated heterocycles. The number of hydrogen-bond donors (Lipinski definition) is 2. The molecule has 0 radical (unpaired) electrons. The number of rotatable bonds is 1. The summed E-state index contributed by atoms with van der Waals surface area (Å²) in [7, 11) is 0. The van der Waals surface area contributed by atoms with Crippen molar-refractivity contribution in [3.63, 3.8) is 0 Å². The third-order valence-electron chi connectivity index (χ3n) is 3.14. The molecule has 16 heavy (non-hydrogen) atoms. The Morgan fingerprint density at radius 1 is 1.31 bits per heavy atom. The van der Waals surface area contributed by atoms with E-state index in [1.54, 1.807) is 0 Å². The second-order valence-electron chi connectivity index (χ2n) is 4.61. The lowest BCUT2D eigenvalue weighted by molar-refractivity contribution is 0.198. The Balaban J connectivity index is 1.71. The highest BCUT2D eigenvalue weighted by Crippen LogP contribution is 2.26. The van der Waals surface area contributed by atoms with Gasteiger partial charge in [0, 0.05) is 24.8 Å². The first-order valence-electron chi connectivity index (χ1n) is 5.65. The zero-order valence-corrected chi connectivity index (χ0v) is 9.07. The smallest absolute Gasteiger partial charge is 0.318 e. The zero-order valence-electron chi connectivity index (χ0n) is 9.07. The fourth-order valence-corrected chi connectivity index (χ4v) is 2.05. The average Bonchev–Trinajstić information content (AvgIpc) is 2.95. The van der Waals surface area contributed by atoms with E-state index < -0.39 is 0 Å². The monoisotopic (exact) mass is 217 g/mol. The molecule has 84 valence electrons. The van der Waals surface area contributed by atoms with Crippen molar-refractivity contribution < 1.29 is 4.79 Å². The molecule has 1 aromatic carbocycles. The molecular formula is C12H15N3O. The van der Waals surface area contributed by atoms with Crippen LogP contribution in [-0.2, 0) is 13.1 Å². The summed E-state index contributed by atoms with van der Waals surface area (Å²) in [5.74, 6) is 0. The number of carbonyl (C=O) groups excluding carboxylic acids is 1. The molecule has 1 fully saturated rings. The number of fused-ring (bicyclic) bond motifs is 1. The number of urea groups is 1. The van der Waals surface area contributed by atoms with Crippen molar-refractivity contribution in [1.29, 1.82) is 0 Å². The summed E-state index contributed by atoms with van der Waals surface area (Å²) < 4.78 is 0. The van der Waals surface area contributed by atoms with Crippen LogP contribution in [0.25, 0.3) is 0 Å². The molecule has 4 nitrogen and oxygen atoms in total. The van der Waals surface area contributed by atoms with E-state index in [1.807, 2.05) is 23.1 Å². The van der Waals surface area contributed by atoms with Crippen LogP contribution in [0.3, 0.4) is 0 Å². The van der Waals surface area contributed by atoms with Crippen molar-refractivity contribution in [1.82, 2.24) is 10.2 Å². The highest BCUT2D eigenvalue weighted by atomic mass is 16.2. The van der Waals surface area contributed by atoms with E-state index in [0.29, 0.717) is 19.1 Å². The number of nitrogen functional groups attached to an aromatic ring is 1. The Hall–Kier alpha value is -1.71. The van der Waals surface area contributed by atoms with E-state index in [2.05, 4.69) is 5.32 Å². The van der Waals surface area contributed by atoms with Gasteiger partial charge in [-0.3, -0.25) is 0 Å². The van der Waals surface area contributed by atoms with E-state index in [9.17, 15) is 4.79 Å². The number of carbonyl (C=O) groups is 1. The molecule has 0 aromatic heterocycles. The summed E-state index contributed by atoms with van der Waals surface area (Å²) in [6, 6.07) is 6.33. The van der Waals surface area contributed by atoms with Crippen LogP contribution in [0.4, 0.5) is 10.5 Å². The highest BCUT2D eigenvalue weighted by Gasteiger charge is 2.28. The van der Waals surface area contributed by atoms with Gasteiger partial charge >= 0.3 is 6.03 Å². The van der Waals surface area contributed by atoms with E-state index >= 15 is 0 Å². The first-order chi connectivity index (χ1) is 7.72. The van der Waals surface area contributed by atoms with E-state index in [0.717, 1.165) is 18.5 Å². The molecule has 4 heteroatoms. The van der Waals surface area contributed by atoms with E-state index in [-0.39, 0.29) is 6.03 Å². The Morgan fingerprint density at radius 2 is 2.06 bits per heavy atom. The lowest BCUT2D eigenvalue weighted by Gasteiger charge is -2.15. The minimum absolute atomic E-state index is 0.0530. The van der Waals surface area contributed by atoms with E-state index in [4.69, 9.17) is 5.73 Å². The van der Waals surface area contributed by atoms with Crippen molar-refractivity contribution in [2.45, 2.75) is 32.0 Å². The molecular weight excluding hydrogens is 202 g/mol. The van der Waals surface area contributed by atoms with Gasteiger partial charge in [-0.2, -0.15) is 0 Å². The van der Waals surface area contributed by atoms with Crippen molar-refractivity contribution >= 4 is 11.7 Å². The first-order valence-corrected chi connectivity index (χ1v) is 5.65. The topological polar surface area (TPSA) is 58.4 Å². The minimum atomic E-state index is 0.0530. The minimum Gasteiger partial charge on any atom is -0.399 e. The van der Waals surface area contributed by atoms with Crippen LogP contribution in [0.5, 0.6) is 0 Å². The molecule has 2 aliphatic rings. The Labute approximate surface area is 94.4 Å². The van der Waals surface area contributed by atoms with Crippen molar-refractivity contribution in [3.8, 4) is 0 Å². The molecule has 0 unspecified atom stereocenters. The number of amides is 2. The van der Waals surface area contributed by atoms with Gasteiger partial charge in [0.05, 0.1) is 0 Å². The second-order valence-corrected chi connectivity index (χ2v) is 4.61. The van der Waals surface area contributed by atoms with Crippen LogP contribution in [0.2, 0.25) is 0 Å². The lowest BCUT2D eigenvalue weighted by atomic mass is 10.1. The molecule has 1 heterocycles. The van der Waals surface area contributed by atoms with Crippen molar-refractivity contribution in [3.05, 3.63) is 29.3 Å². The summed E-state index contributed by atoms with van der Waals surface area (Å²) in [6.07, 6.45) is 2.25. The standard InChI is InChI=1S/C12H15N3O/c13-10-2-1-8-6-15(7-9(8)5-10)12(16)14-11-3-4-11/h1-2,5,11H,3-4,6-7,13H2,(H,14,16). The quantitative estimate of drug-likeness (QED) is 0.700. The van der Waals surface area contributed by atoms with Crippen molar-refractivity contribution in [2.24, 2.45) is 0 Å². The summed E-state index contributed by atoms with van der Waals surface area (Å²) >= 11 is 0. The van der Waals surface area contributed by atoms with Crippen LogP contribution in [0.15, 0.2) is 18.2 Å². The maximum absolute atomic E-state index is 11.8. The first kappa shape index (κ1) is 9.51. The number of nitrogens with two attached hydrogens (primary N) is 1. The third kappa shape index (κ3) is 1.71. The van der Waals surface area contributed by atoms with Crippen LogP contribution in [0.1, 0.15) is 24.0 Å². The van der Waals surface area contributed by atoms with Crippen LogP contribution in [0, 0.1) is 0 Å². The molecule has 1 saturated carbocycles. The largest absolute Gasteiger partial charge is 0.399 e. The number of hydrogen-bond acceptors (Lipinski definition) is 2. The van der Waals surface area contributed by atoms with Gasteiger partial charge in [-0.25, -0.2) is 4.79 Å². The Morgan fingerprint density at radius 3 is 2.81 bits per heavy atom. The molecule has 0 atom stereocenters. The maximum atomic E-state index is 11.8. The summed E-state index contributed by atoms with van der Waals surface area (Å²) in [5, 5.41) is 3.00. The Bertz CT molecular complexity index is 440. The summed E-state index contributed by atoms with van der Waals surface area (Å²) in [5.41, 5.74) is 8.87.